The highest BCUT2D eigenvalue weighted by molar-refractivity contribution is 7.89. The fraction of sp³-hybridized carbons (Fsp3) is 0.667. The van der Waals surface area contributed by atoms with Gasteiger partial charge in [-0.05, 0) is 38.8 Å². The summed E-state index contributed by atoms with van der Waals surface area (Å²) in [7, 11) is -3.46. The molecule has 1 aromatic carbocycles. The van der Waals surface area contributed by atoms with Gasteiger partial charge < -0.3 is 4.90 Å². The van der Waals surface area contributed by atoms with Crippen LogP contribution in [-0.4, -0.2) is 73.2 Å². The molecule has 0 bridgehead atoms. The predicted molar refractivity (Wildman–Crippen MR) is 110 cm³/mol. The van der Waals surface area contributed by atoms with Crippen LogP contribution < -0.4 is 0 Å². The Bertz CT molecular complexity index is 739. The van der Waals surface area contributed by atoms with Gasteiger partial charge in [-0.1, -0.05) is 37.5 Å². The van der Waals surface area contributed by atoms with Gasteiger partial charge >= 0.3 is 0 Å². The molecule has 1 amide bonds. The van der Waals surface area contributed by atoms with Gasteiger partial charge in [-0.25, -0.2) is 8.42 Å². The molecule has 3 rings (SSSR count). The molecule has 1 heterocycles. The molecule has 2 fully saturated rings. The number of rotatable bonds is 6. The molecule has 6 nitrogen and oxygen atoms in total. The third-order valence-electron chi connectivity index (χ3n) is 6.20. The maximum Gasteiger partial charge on any atom is 0.243 e. The Hall–Kier alpha value is -1.44. The van der Waals surface area contributed by atoms with Gasteiger partial charge in [0, 0.05) is 38.8 Å². The van der Waals surface area contributed by atoms with Crippen LogP contribution in [0.5, 0.6) is 0 Å². The second-order valence-corrected chi connectivity index (χ2v) is 9.78. The Morgan fingerprint density at radius 3 is 2.25 bits per heavy atom. The molecule has 0 aromatic heterocycles. The lowest BCUT2D eigenvalue weighted by Crippen LogP contribution is -2.56. The fourth-order valence-electron chi connectivity index (χ4n) is 4.46. The first-order valence-corrected chi connectivity index (χ1v) is 12.0. The van der Waals surface area contributed by atoms with Crippen molar-refractivity contribution in [2.24, 2.45) is 0 Å². The number of hydrogen-bond acceptors (Lipinski definition) is 4. The van der Waals surface area contributed by atoms with Gasteiger partial charge in [-0.2, -0.15) is 4.31 Å². The Kier molecular flexibility index (Phi) is 7.12. The minimum absolute atomic E-state index is 0.189. The zero-order chi connectivity index (χ0) is 20.1. The molecule has 2 aliphatic rings. The SMILES string of the molecule is CCN(C(=O)[C@@H](C)N1CCN(S(=O)(=O)c2ccccc2)CC1)C1CCCCC1. The lowest BCUT2D eigenvalue weighted by molar-refractivity contribution is -0.139. The second-order valence-electron chi connectivity index (χ2n) is 7.85. The van der Waals surface area contributed by atoms with E-state index in [9.17, 15) is 13.2 Å². The van der Waals surface area contributed by atoms with E-state index in [0.717, 1.165) is 19.4 Å². The number of sulfonamides is 1. The molecule has 156 valence electrons. The summed E-state index contributed by atoms with van der Waals surface area (Å²) in [6.45, 7) is 6.78. The zero-order valence-corrected chi connectivity index (χ0v) is 17.9. The first-order chi connectivity index (χ1) is 13.4. The normalized spacial score (nSPS) is 21.4. The molecule has 7 heteroatoms. The van der Waals surface area contributed by atoms with E-state index in [4.69, 9.17) is 0 Å². The molecular weight excluding hydrogens is 374 g/mol. The Morgan fingerprint density at radius 2 is 1.68 bits per heavy atom. The lowest BCUT2D eigenvalue weighted by atomic mass is 9.93. The summed E-state index contributed by atoms with van der Waals surface area (Å²) in [6.07, 6.45) is 5.90. The van der Waals surface area contributed by atoms with Crippen LogP contribution in [0.2, 0.25) is 0 Å². The smallest absolute Gasteiger partial charge is 0.243 e. The van der Waals surface area contributed by atoms with E-state index in [2.05, 4.69) is 16.7 Å². The van der Waals surface area contributed by atoms with Crippen molar-refractivity contribution in [3.8, 4) is 0 Å². The van der Waals surface area contributed by atoms with E-state index in [1.54, 1.807) is 24.3 Å². The van der Waals surface area contributed by atoms with E-state index in [0.29, 0.717) is 37.1 Å². The first-order valence-electron chi connectivity index (χ1n) is 10.5. The molecule has 0 spiro atoms. The highest BCUT2D eigenvalue weighted by Gasteiger charge is 2.34. The third kappa shape index (κ3) is 4.58. The van der Waals surface area contributed by atoms with Crippen molar-refractivity contribution in [1.82, 2.24) is 14.1 Å². The zero-order valence-electron chi connectivity index (χ0n) is 17.1. The fourth-order valence-corrected chi connectivity index (χ4v) is 5.90. The van der Waals surface area contributed by atoms with Gasteiger partial charge in [-0.15, -0.1) is 0 Å². The number of likely N-dealkylation sites (N-methyl/N-ethyl adjacent to an activating group) is 1. The van der Waals surface area contributed by atoms with Crippen LogP contribution in [0.3, 0.4) is 0 Å². The monoisotopic (exact) mass is 407 g/mol. The van der Waals surface area contributed by atoms with Crippen LogP contribution in [0.4, 0.5) is 0 Å². The topological polar surface area (TPSA) is 60.9 Å². The van der Waals surface area contributed by atoms with Gasteiger partial charge in [0.05, 0.1) is 10.9 Å². The maximum absolute atomic E-state index is 13.1. The minimum Gasteiger partial charge on any atom is -0.339 e. The van der Waals surface area contributed by atoms with Crippen LogP contribution in [-0.2, 0) is 14.8 Å². The van der Waals surface area contributed by atoms with E-state index in [1.165, 1.54) is 23.6 Å². The third-order valence-corrected chi connectivity index (χ3v) is 8.11. The highest BCUT2D eigenvalue weighted by Crippen LogP contribution is 2.24. The van der Waals surface area contributed by atoms with Crippen molar-refractivity contribution in [3.63, 3.8) is 0 Å². The largest absolute Gasteiger partial charge is 0.339 e. The number of hydrogen-bond donors (Lipinski definition) is 0. The quantitative estimate of drug-likeness (QED) is 0.727. The molecule has 0 N–H and O–H groups in total. The number of amides is 1. The van der Waals surface area contributed by atoms with Crippen LogP contribution in [0.1, 0.15) is 46.0 Å². The van der Waals surface area contributed by atoms with Crippen molar-refractivity contribution in [2.75, 3.05) is 32.7 Å². The van der Waals surface area contributed by atoms with Crippen molar-refractivity contribution in [2.45, 2.75) is 62.9 Å². The van der Waals surface area contributed by atoms with Gasteiger partial charge in [0.15, 0.2) is 0 Å². The Labute approximate surface area is 169 Å². The van der Waals surface area contributed by atoms with Gasteiger partial charge in [0.1, 0.15) is 0 Å². The summed E-state index contributed by atoms with van der Waals surface area (Å²) < 4.78 is 27.1. The second kappa shape index (κ2) is 9.37. The van der Waals surface area contributed by atoms with Crippen molar-refractivity contribution in [3.05, 3.63) is 30.3 Å². The summed E-state index contributed by atoms with van der Waals surface area (Å²) in [4.78, 5) is 17.6. The molecule has 0 radical (unpaired) electrons. The van der Waals surface area contributed by atoms with Crippen molar-refractivity contribution >= 4 is 15.9 Å². The standard InChI is InChI=1S/C21H33N3O3S/c1-3-24(19-10-6-4-7-11-19)21(25)18(2)22-14-16-23(17-15-22)28(26,27)20-12-8-5-9-13-20/h5,8-9,12-13,18-19H,3-4,6-7,10-11,14-17H2,1-2H3/t18-/m1/s1. The summed E-state index contributed by atoms with van der Waals surface area (Å²) in [5.41, 5.74) is 0. The van der Waals surface area contributed by atoms with Crippen LogP contribution in [0, 0.1) is 0 Å². The van der Waals surface area contributed by atoms with Gasteiger partial charge in [0.2, 0.25) is 15.9 Å². The summed E-state index contributed by atoms with van der Waals surface area (Å²) in [5, 5.41) is 0. The molecule has 0 unspecified atom stereocenters. The number of carbonyl (C=O) groups excluding carboxylic acids is 1. The number of carbonyl (C=O) groups is 1. The van der Waals surface area contributed by atoms with E-state index in [1.807, 2.05) is 13.0 Å². The first kappa shape index (κ1) is 21.3. The highest BCUT2D eigenvalue weighted by atomic mass is 32.2. The van der Waals surface area contributed by atoms with Crippen LogP contribution >= 0.6 is 0 Å². The molecule has 1 saturated heterocycles. The lowest BCUT2D eigenvalue weighted by Gasteiger charge is -2.40. The summed E-state index contributed by atoms with van der Waals surface area (Å²) in [6, 6.07) is 8.74. The molecule has 1 atom stereocenters. The molecule has 1 saturated carbocycles. The molecule has 1 aromatic rings. The average Bonchev–Trinajstić information content (AvgIpc) is 2.75. The van der Waals surface area contributed by atoms with Crippen molar-refractivity contribution in [1.29, 1.82) is 0 Å². The minimum atomic E-state index is -3.46. The van der Waals surface area contributed by atoms with E-state index >= 15 is 0 Å². The Morgan fingerprint density at radius 1 is 1.07 bits per heavy atom. The average molecular weight is 408 g/mol. The van der Waals surface area contributed by atoms with E-state index < -0.39 is 10.0 Å². The van der Waals surface area contributed by atoms with E-state index in [-0.39, 0.29) is 11.9 Å². The number of benzene rings is 1. The van der Waals surface area contributed by atoms with Crippen LogP contribution in [0.15, 0.2) is 35.2 Å². The Balaban J connectivity index is 1.60. The van der Waals surface area contributed by atoms with Crippen LogP contribution in [0.25, 0.3) is 0 Å². The molecule has 1 aliphatic carbocycles. The van der Waals surface area contributed by atoms with Crippen molar-refractivity contribution < 1.29 is 13.2 Å². The predicted octanol–water partition coefficient (Wildman–Crippen LogP) is 2.56. The summed E-state index contributed by atoms with van der Waals surface area (Å²) >= 11 is 0. The maximum atomic E-state index is 13.1. The van der Waals surface area contributed by atoms with Gasteiger partial charge in [-0.3, -0.25) is 9.69 Å². The summed E-state index contributed by atoms with van der Waals surface area (Å²) in [5.74, 6) is 0.189. The number of piperazine rings is 1. The molecular formula is C21H33N3O3S. The number of nitrogens with zero attached hydrogens (tertiary/aromatic N) is 3. The molecule has 1 aliphatic heterocycles. The molecule has 28 heavy (non-hydrogen) atoms. The van der Waals surface area contributed by atoms with Gasteiger partial charge in [0.25, 0.3) is 0 Å².